The average Bonchev–Trinajstić information content (AvgIpc) is 3.12. The van der Waals surface area contributed by atoms with Crippen LogP contribution in [0, 0.1) is 0 Å². The molecule has 134 valence electrons. The van der Waals surface area contributed by atoms with E-state index in [0.29, 0.717) is 18.8 Å². The Morgan fingerprint density at radius 2 is 1.73 bits per heavy atom. The average molecular weight is 349 g/mol. The van der Waals surface area contributed by atoms with Crippen LogP contribution in [0.15, 0.2) is 66.9 Å². The van der Waals surface area contributed by atoms with Gasteiger partial charge in [0.2, 0.25) is 0 Å². The smallest absolute Gasteiger partial charge is 0.273 e. The summed E-state index contributed by atoms with van der Waals surface area (Å²) >= 11 is 0. The van der Waals surface area contributed by atoms with E-state index in [9.17, 15) is 4.79 Å². The molecule has 0 aliphatic heterocycles. The lowest BCUT2D eigenvalue weighted by molar-refractivity contribution is 0.0937. The quantitative estimate of drug-likeness (QED) is 0.711. The van der Waals surface area contributed by atoms with Gasteiger partial charge in [-0.2, -0.15) is 0 Å². The summed E-state index contributed by atoms with van der Waals surface area (Å²) in [5.41, 5.74) is 2.60. The van der Waals surface area contributed by atoms with Crippen LogP contribution in [0.5, 0.6) is 0 Å². The van der Waals surface area contributed by atoms with Crippen molar-refractivity contribution in [1.29, 1.82) is 0 Å². The molecule has 3 rings (SSSR count). The first-order chi connectivity index (χ1) is 12.6. The molecule has 0 unspecified atom stereocenters. The van der Waals surface area contributed by atoms with Gasteiger partial charge in [0, 0.05) is 6.54 Å². The number of hydrogen-bond donors (Lipinski definition) is 1. The Morgan fingerprint density at radius 3 is 2.38 bits per heavy atom. The van der Waals surface area contributed by atoms with Crippen LogP contribution in [0.25, 0.3) is 0 Å². The van der Waals surface area contributed by atoms with Gasteiger partial charge in [0.25, 0.3) is 5.91 Å². The number of benzene rings is 2. The molecule has 1 heterocycles. The van der Waals surface area contributed by atoms with E-state index in [1.165, 1.54) is 0 Å². The maximum Gasteiger partial charge on any atom is 0.273 e. The number of carbonyl (C=O) groups excluding carboxylic acids is 1. The molecule has 0 spiro atoms. The summed E-state index contributed by atoms with van der Waals surface area (Å²) in [5, 5.41) is 11.0. The molecule has 6 nitrogen and oxygen atoms in total. The molecule has 0 radical (unpaired) electrons. The minimum absolute atomic E-state index is 0.0968. The zero-order valence-corrected chi connectivity index (χ0v) is 15.0. The second-order valence-corrected chi connectivity index (χ2v) is 6.39. The molecule has 0 saturated heterocycles. The van der Waals surface area contributed by atoms with Gasteiger partial charge in [-0.3, -0.25) is 4.79 Å². The van der Waals surface area contributed by atoms with Crippen LogP contribution in [0.4, 0.5) is 0 Å². The van der Waals surface area contributed by atoms with Gasteiger partial charge in [0.15, 0.2) is 5.69 Å². The van der Waals surface area contributed by atoms with Gasteiger partial charge in [-0.1, -0.05) is 65.9 Å². The molecule has 26 heavy (non-hydrogen) atoms. The molecule has 1 aromatic heterocycles. The molecule has 0 aliphatic carbocycles. The number of hydrogen-bond acceptors (Lipinski definition) is 4. The molecular weight excluding hydrogens is 326 g/mol. The van der Waals surface area contributed by atoms with Gasteiger partial charge in [0.1, 0.15) is 0 Å². The number of nitrogens with zero attached hydrogens (tertiary/aromatic N) is 4. The Morgan fingerprint density at radius 1 is 1.08 bits per heavy atom. The van der Waals surface area contributed by atoms with Crippen molar-refractivity contribution in [2.45, 2.75) is 12.6 Å². The highest BCUT2D eigenvalue weighted by molar-refractivity contribution is 5.91. The predicted octanol–water partition coefficient (Wildman–Crippen LogP) is 2.36. The van der Waals surface area contributed by atoms with E-state index in [-0.39, 0.29) is 11.9 Å². The first-order valence-electron chi connectivity index (χ1n) is 8.57. The van der Waals surface area contributed by atoms with Crippen molar-refractivity contribution in [2.24, 2.45) is 0 Å². The molecular formula is C20H23N5O. The van der Waals surface area contributed by atoms with Gasteiger partial charge >= 0.3 is 0 Å². The van der Waals surface area contributed by atoms with E-state index < -0.39 is 0 Å². The number of rotatable bonds is 7. The van der Waals surface area contributed by atoms with Crippen molar-refractivity contribution in [3.05, 3.63) is 83.7 Å². The van der Waals surface area contributed by atoms with Crippen LogP contribution < -0.4 is 5.32 Å². The molecule has 0 bridgehead atoms. The van der Waals surface area contributed by atoms with Crippen molar-refractivity contribution in [2.75, 3.05) is 20.6 Å². The third-order valence-corrected chi connectivity index (χ3v) is 4.22. The number of carbonyl (C=O) groups is 1. The lowest BCUT2D eigenvalue weighted by Crippen LogP contribution is -2.34. The van der Waals surface area contributed by atoms with Crippen LogP contribution in [0.1, 0.15) is 27.7 Å². The van der Waals surface area contributed by atoms with E-state index in [0.717, 1.165) is 11.1 Å². The molecule has 0 fully saturated rings. The Hall–Kier alpha value is -2.99. The fraction of sp³-hybridized carbons (Fsp3) is 0.250. The largest absolute Gasteiger partial charge is 0.349 e. The van der Waals surface area contributed by atoms with Crippen molar-refractivity contribution in [3.63, 3.8) is 0 Å². The van der Waals surface area contributed by atoms with E-state index in [2.05, 4.69) is 32.7 Å². The monoisotopic (exact) mass is 349 g/mol. The standard InChI is InChI=1S/C20H23N5O/c1-24(2)19(17-11-7-4-8-12-17)13-21-20(26)18-15-25(23-22-18)14-16-9-5-3-6-10-16/h3-12,15,19H,13-14H2,1-2H3,(H,21,26)/t19-/m0/s1. The third-order valence-electron chi connectivity index (χ3n) is 4.22. The summed E-state index contributed by atoms with van der Waals surface area (Å²) < 4.78 is 1.67. The highest BCUT2D eigenvalue weighted by atomic mass is 16.2. The summed E-state index contributed by atoms with van der Waals surface area (Å²) in [6.07, 6.45) is 1.68. The van der Waals surface area contributed by atoms with E-state index in [4.69, 9.17) is 0 Å². The van der Waals surface area contributed by atoms with Crippen LogP contribution >= 0.6 is 0 Å². The maximum atomic E-state index is 12.4. The summed E-state index contributed by atoms with van der Waals surface area (Å²) in [5.74, 6) is -0.216. The second-order valence-electron chi connectivity index (χ2n) is 6.39. The van der Waals surface area contributed by atoms with Crippen LogP contribution in [-0.2, 0) is 6.54 Å². The summed E-state index contributed by atoms with van der Waals surface area (Å²) in [7, 11) is 4.00. The highest BCUT2D eigenvalue weighted by Gasteiger charge is 2.17. The third kappa shape index (κ3) is 4.55. The van der Waals surface area contributed by atoms with Crippen molar-refractivity contribution < 1.29 is 4.79 Å². The van der Waals surface area contributed by atoms with Crippen molar-refractivity contribution in [1.82, 2.24) is 25.2 Å². The fourth-order valence-corrected chi connectivity index (χ4v) is 2.80. The Kier molecular flexibility index (Phi) is 5.76. The topological polar surface area (TPSA) is 63.1 Å². The summed E-state index contributed by atoms with van der Waals surface area (Å²) in [6, 6.07) is 20.2. The number of nitrogens with one attached hydrogen (secondary N) is 1. The normalized spacial score (nSPS) is 12.1. The zero-order chi connectivity index (χ0) is 18.4. The predicted molar refractivity (Wildman–Crippen MR) is 101 cm³/mol. The van der Waals surface area contributed by atoms with Crippen LogP contribution in [0.2, 0.25) is 0 Å². The SMILES string of the molecule is CN(C)[C@@H](CNC(=O)c1cn(Cc2ccccc2)nn1)c1ccccc1. The Bertz CT molecular complexity index is 830. The number of likely N-dealkylation sites (N-methyl/N-ethyl adjacent to an activating group) is 1. The molecule has 2 aromatic carbocycles. The van der Waals surface area contributed by atoms with Gasteiger partial charge < -0.3 is 10.2 Å². The maximum absolute atomic E-state index is 12.4. The van der Waals surface area contributed by atoms with Gasteiger partial charge in [-0.25, -0.2) is 4.68 Å². The number of aromatic nitrogens is 3. The van der Waals surface area contributed by atoms with Crippen molar-refractivity contribution >= 4 is 5.91 Å². The first-order valence-corrected chi connectivity index (χ1v) is 8.57. The van der Waals surface area contributed by atoms with Gasteiger partial charge in [-0.05, 0) is 25.2 Å². The van der Waals surface area contributed by atoms with Crippen LogP contribution in [0.3, 0.4) is 0 Å². The Labute approximate surface area is 153 Å². The molecule has 6 heteroatoms. The fourth-order valence-electron chi connectivity index (χ4n) is 2.80. The minimum atomic E-state index is -0.216. The van der Waals surface area contributed by atoms with Crippen LogP contribution in [-0.4, -0.2) is 46.4 Å². The molecule has 1 atom stereocenters. The number of amides is 1. The Balaban J connectivity index is 1.61. The van der Waals surface area contributed by atoms with Gasteiger partial charge in [-0.15, -0.1) is 5.10 Å². The molecule has 3 aromatic rings. The molecule has 0 aliphatic rings. The first kappa shape index (κ1) is 17.8. The molecule has 1 amide bonds. The van der Waals surface area contributed by atoms with E-state index in [1.54, 1.807) is 10.9 Å². The summed E-state index contributed by atoms with van der Waals surface area (Å²) in [4.78, 5) is 14.5. The van der Waals surface area contributed by atoms with E-state index in [1.807, 2.05) is 62.6 Å². The van der Waals surface area contributed by atoms with Crippen molar-refractivity contribution in [3.8, 4) is 0 Å². The zero-order valence-electron chi connectivity index (χ0n) is 15.0. The lowest BCUT2D eigenvalue weighted by atomic mass is 10.1. The summed E-state index contributed by atoms with van der Waals surface area (Å²) in [6.45, 7) is 1.09. The minimum Gasteiger partial charge on any atom is -0.349 e. The van der Waals surface area contributed by atoms with Gasteiger partial charge in [0.05, 0.1) is 18.8 Å². The second kappa shape index (κ2) is 8.40. The molecule has 0 saturated carbocycles. The highest BCUT2D eigenvalue weighted by Crippen LogP contribution is 2.16. The van der Waals surface area contributed by atoms with E-state index >= 15 is 0 Å². The lowest BCUT2D eigenvalue weighted by Gasteiger charge is -2.24. The molecule has 1 N–H and O–H groups in total.